The number of benzene rings is 2. The minimum absolute atomic E-state index is 0.0579. The Balaban J connectivity index is 1.82. The number of anilines is 1. The van der Waals surface area contributed by atoms with Crippen LogP contribution >= 0.6 is 0 Å². The van der Waals surface area contributed by atoms with Gasteiger partial charge in [-0.25, -0.2) is 0 Å². The summed E-state index contributed by atoms with van der Waals surface area (Å²) in [4.78, 5) is 27.5. The molecule has 2 aromatic rings. The van der Waals surface area contributed by atoms with Gasteiger partial charge < -0.3 is 25.4 Å². The van der Waals surface area contributed by atoms with Crippen LogP contribution < -0.4 is 20.3 Å². The Bertz CT molecular complexity index is 950. The van der Waals surface area contributed by atoms with E-state index in [4.69, 9.17) is 4.74 Å². The van der Waals surface area contributed by atoms with Crippen LogP contribution in [-0.4, -0.2) is 55.3 Å². The van der Waals surface area contributed by atoms with Gasteiger partial charge in [-0.2, -0.15) is 0 Å². The first-order chi connectivity index (χ1) is 17.0. The third-order valence-corrected chi connectivity index (χ3v) is 6.24. The zero-order valence-electron chi connectivity index (χ0n) is 21.0. The molecule has 35 heavy (non-hydrogen) atoms. The number of nitrogens with one attached hydrogen (secondary N) is 2. The van der Waals surface area contributed by atoms with Crippen LogP contribution in [0.4, 0.5) is 5.69 Å². The second-order valence-electron chi connectivity index (χ2n) is 9.06. The van der Waals surface area contributed by atoms with Gasteiger partial charge in [-0.05, 0) is 43.5 Å². The highest BCUT2D eigenvalue weighted by Crippen LogP contribution is 2.28. The van der Waals surface area contributed by atoms with Gasteiger partial charge >= 0.3 is 0 Å². The van der Waals surface area contributed by atoms with Crippen LogP contribution in [0.2, 0.25) is 0 Å². The molecule has 0 spiro atoms. The van der Waals surface area contributed by atoms with Crippen LogP contribution in [-0.2, 0) is 11.2 Å². The van der Waals surface area contributed by atoms with Gasteiger partial charge in [-0.15, -0.1) is 0 Å². The number of likely N-dealkylation sites (N-methyl/N-ethyl adjacent to an activating group) is 1. The quantitative estimate of drug-likeness (QED) is 0.358. The lowest BCUT2D eigenvalue weighted by Gasteiger charge is -2.25. The third-order valence-electron chi connectivity index (χ3n) is 6.24. The summed E-state index contributed by atoms with van der Waals surface area (Å²) in [6.07, 6.45) is 4.16. The summed E-state index contributed by atoms with van der Waals surface area (Å²) < 4.78 is 5.96. The van der Waals surface area contributed by atoms with E-state index in [2.05, 4.69) is 17.6 Å². The molecule has 0 radical (unpaired) electrons. The molecule has 0 aromatic heterocycles. The first-order valence-electron chi connectivity index (χ1n) is 12.8. The van der Waals surface area contributed by atoms with Crippen molar-refractivity contribution in [3.8, 4) is 5.75 Å². The largest absolute Gasteiger partial charge is 0.493 e. The van der Waals surface area contributed by atoms with Crippen LogP contribution in [0.25, 0.3) is 0 Å². The van der Waals surface area contributed by atoms with Crippen molar-refractivity contribution in [3.05, 3.63) is 59.7 Å². The summed E-state index contributed by atoms with van der Waals surface area (Å²) in [6, 6.07) is 14.6. The number of nitrogens with zero attached hydrogens (tertiary/aromatic N) is 1. The fraction of sp³-hybridized carbons (Fsp3) is 0.500. The number of carbonyl (C=O) groups excluding carboxylic acids is 2. The Morgan fingerprint density at radius 3 is 2.63 bits per heavy atom. The van der Waals surface area contributed by atoms with Crippen molar-refractivity contribution in [1.82, 2.24) is 10.6 Å². The van der Waals surface area contributed by atoms with Gasteiger partial charge in [0, 0.05) is 36.8 Å². The van der Waals surface area contributed by atoms with Crippen LogP contribution in [0.15, 0.2) is 48.5 Å². The fourth-order valence-electron chi connectivity index (χ4n) is 4.25. The molecule has 1 saturated heterocycles. The lowest BCUT2D eigenvalue weighted by Crippen LogP contribution is -2.48. The predicted molar refractivity (Wildman–Crippen MR) is 139 cm³/mol. The molecule has 3 N–H and O–H groups in total. The van der Waals surface area contributed by atoms with E-state index in [0.717, 1.165) is 37.8 Å². The van der Waals surface area contributed by atoms with E-state index in [0.29, 0.717) is 49.5 Å². The van der Waals surface area contributed by atoms with Gasteiger partial charge in [-0.1, -0.05) is 57.0 Å². The second-order valence-corrected chi connectivity index (χ2v) is 9.06. The smallest absolute Gasteiger partial charge is 0.251 e. The Labute approximate surface area is 208 Å². The molecule has 1 aliphatic rings. The average molecular weight is 482 g/mol. The van der Waals surface area contributed by atoms with Gasteiger partial charge in [0.25, 0.3) is 5.91 Å². The van der Waals surface area contributed by atoms with Crippen molar-refractivity contribution in [3.63, 3.8) is 0 Å². The second kappa shape index (κ2) is 13.9. The van der Waals surface area contributed by atoms with Crippen molar-refractivity contribution in [1.29, 1.82) is 0 Å². The fourth-order valence-corrected chi connectivity index (χ4v) is 4.25. The number of hydrogen-bond donors (Lipinski definition) is 3. The van der Waals surface area contributed by atoms with Crippen LogP contribution in [0, 0.1) is 0 Å². The highest BCUT2D eigenvalue weighted by molar-refractivity contribution is 5.99. The number of unbranched alkanes of at least 4 members (excludes halogenated alkanes) is 2. The maximum Gasteiger partial charge on any atom is 0.251 e. The molecule has 2 unspecified atom stereocenters. The SMILES string of the molecule is CCCCCOc1cc(C(=O)NC(Cc2ccccc2)C(O)CNCC)cc(N2CCCC2=O)c1. The van der Waals surface area contributed by atoms with Crippen molar-refractivity contribution >= 4 is 17.5 Å². The van der Waals surface area contributed by atoms with Gasteiger partial charge in [0.1, 0.15) is 5.75 Å². The molecule has 0 aliphatic carbocycles. The summed E-state index contributed by atoms with van der Waals surface area (Å²) >= 11 is 0. The number of carbonyl (C=O) groups is 2. The van der Waals surface area contributed by atoms with Gasteiger partial charge in [-0.3, -0.25) is 9.59 Å². The third kappa shape index (κ3) is 8.08. The monoisotopic (exact) mass is 481 g/mol. The van der Waals surface area contributed by atoms with E-state index >= 15 is 0 Å². The van der Waals surface area contributed by atoms with Gasteiger partial charge in [0.05, 0.1) is 18.8 Å². The molecule has 0 bridgehead atoms. The van der Waals surface area contributed by atoms with E-state index in [9.17, 15) is 14.7 Å². The molecule has 2 aromatic carbocycles. The van der Waals surface area contributed by atoms with Crippen molar-refractivity contribution < 1.29 is 19.4 Å². The molecular weight excluding hydrogens is 442 g/mol. The molecule has 3 rings (SSSR count). The minimum Gasteiger partial charge on any atom is -0.493 e. The highest BCUT2D eigenvalue weighted by atomic mass is 16.5. The van der Waals surface area contributed by atoms with E-state index in [1.54, 1.807) is 17.0 Å². The number of rotatable bonds is 14. The van der Waals surface area contributed by atoms with Gasteiger partial charge in [0.2, 0.25) is 5.91 Å². The molecule has 1 heterocycles. The molecular formula is C28H39N3O4. The molecule has 190 valence electrons. The van der Waals surface area contributed by atoms with E-state index in [-0.39, 0.29) is 11.8 Å². The Hall–Kier alpha value is -2.90. The number of aliphatic hydroxyl groups is 1. The standard InChI is InChI=1S/C28H39N3O4/c1-3-5-9-15-35-24-18-22(17-23(19-24)31-14-10-13-27(31)33)28(34)30-25(26(32)20-29-4-2)16-21-11-7-6-8-12-21/h6-8,11-12,17-19,25-26,29,32H,3-5,9-10,13-16,20H2,1-2H3,(H,30,34). The summed E-state index contributed by atoms with van der Waals surface area (Å²) in [7, 11) is 0. The number of aliphatic hydroxyl groups excluding tert-OH is 1. The van der Waals surface area contributed by atoms with Crippen LogP contribution in [0.5, 0.6) is 5.75 Å². The first-order valence-corrected chi connectivity index (χ1v) is 12.8. The molecule has 2 atom stereocenters. The lowest BCUT2D eigenvalue weighted by molar-refractivity contribution is -0.117. The Morgan fingerprint density at radius 1 is 1.14 bits per heavy atom. The minimum atomic E-state index is -0.757. The van der Waals surface area contributed by atoms with Crippen molar-refractivity contribution in [2.75, 3.05) is 31.1 Å². The van der Waals surface area contributed by atoms with Crippen molar-refractivity contribution in [2.45, 2.75) is 64.5 Å². The summed E-state index contributed by atoms with van der Waals surface area (Å²) in [5.74, 6) is 0.340. The zero-order chi connectivity index (χ0) is 25.0. The lowest BCUT2D eigenvalue weighted by atomic mass is 10.0. The molecule has 7 nitrogen and oxygen atoms in total. The highest BCUT2D eigenvalue weighted by Gasteiger charge is 2.26. The normalized spacial score (nSPS) is 15.2. The maximum absolute atomic E-state index is 13.4. The van der Waals surface area contributed by atoms with E-state index < -0.39 is 12.1 Å². The van der Waals surface area contributed by atoms with E-state index in [1.165, 1.54) is 0 Å². The van der Waals surface area contributed by atoms with Gasteiger partial charge in [0.15, 0.2) is 0 Å². The maximum atomic E-state index is 13.4. The number of ether oxygens (including phenoxy) is 1. The number of hydrogen-bond acceptors (Lipinski definition) is 5. The predicted octanol–water partition coefficient (Wildman–Crippen LogP) is 3.69. The zero-order valence-corrected chi connectivity index (χ0v) is 21.0. The van der Waals surface area contributed by atoms with Crippen molar-refractivity contribution in [2.24, 2.45) is 0 Å². The van der Waals surface area contributed by atoms with E-state index in [1.807, 2.05) is 43.3 Å². The summed E-state index contributed by atoms with van der Waals surface area (Å²) in [5, 5.41) is 17.0. The van der Waals surface area contributed by atoms with Crippen LogP contribution in [0.3, 0.4) is 0 Å². The Kier molecular flexibility index (Phi) is 10.6. The molecule has 7 heteroatoms. The molecule has 0 saturated carbocycles. The molecule has 1 aliphatic heterocycles. The Morgan fingerprint density at radius 2 is 1.94 bits per heavy atom. The van der Waals surface area contributed by atoms with Crippen LogP contribution in [0.1, 0.15) is 61.9 Å². The average Bonchev–Trinajstić information content (AvgIpc) is 3.31. The topological polar surface area (TPSA) is 90.9 Å². The first kappa shape index (κ1) is 26.7. The summed E-state index contributed by atoms with van der Waals surface area (Å²) in [6.45, 7) is 6.42. The molecule has 1 fully saturated rings. The molecule has 2 amide bonds. The number of amides is 2. The summed E-state index contributed by atoms with van der Waals surface area (Å²) in [5.41, 5.74) is 2.13.